The van der Waals surface area contributed by atoms with Gasteiger partial charge in [0.05, 0.1) is 6.10 Å². The fourth-order valence-electron chi connectivity index (χ4n) is 2.15. The largest absolute Gasteiger partial charge is 0.392 e. The third kappa shape index (κ3) is 4.05. The molecule has 0 saturated carbocycles. The van der Waals surface area contributed by atoms with Gasteiger partial charge in [0.2, 0.25) is 0 Å². The van der Waals surface area contributed by atoms with Crippen molar-refractivity contribution < 1.29 is 5.11 Å². The monoisotopic (exact) mass is 293 g/mol. The van der Waals surface area contributed by atoms with Crippen molar-refractivity contribution in [3.8, 4) is 0 Å². The summed E-state index contributed by atoms with van der Waals surface area (Å²) in [6.07, 6.45) is 2.04. The molecular formula is C15H20ClN3O. The molecule has 0 saturated heterocycles. The van der Waals surface area contributed by atoms with Crippen molar-refractivity contribution in [2.75, 3.05) is 0 Å². The van der Waals surface area contributed by atoms with Crippen LogP contribution in [0.4, 0.5) is 0 Å². The minimum absolute atomic E-state index is 0.484. The smallest absolute Gasteiger partial charge is 0.138 e. The molecule has 1 aromatic carbocycles. The number of aliphatic hydroxyl groups excluding tert-OH is 1. The van der Waals surface area contributed by atoms with Gasteiger partial charge in [0.1, 0.15) is 12.2 Å². The Hall–Kier alpha value is -1.39. The minimum atomic E-state index is -0.509. The summed E-state index contributed by atoms with van der Waals surface area (Å²) in [7, 11) is 0. The molecular weight excluding hydrogens is 274 g/mol. The molecule has 0 fully saturated rings. The Morgan fingerprint density at radius 3 is 2.70 bits per heavy atom. The topological polar surface area (TPSA) is 50.9 Å². The van der Waals surface area contributed by atoms with E-state index in [0.29, 0.717) is 23.8 Å². The quantitative estimate of drug-likeness (QED) is 0.891. The first-order valence-corrected chi connectivity index (χ1v) is 7.22. The summed E-state index contributed by atoms with van der Waals surface area (Å²) in [5.41, 5.74) is 0.955. The first kappa shape index (κ1) is 15.0. The molecule has 1 aromatic heterocycles. The highest BCUT2D eigenvalue weighted by Gasteiger charge is 2.14. The zero-order valence-corrected chi connectivity index (χ0v) is 12.6. The summed E-state index contributed by atoms with van der Waals surface area (Å²) in [5, 5.41) is 15.1. The molecule has 108 valence electrons. The molecule has 2 aromatic rings. The fraction of sp³-hybridized carbons (Fsp3) is 0.467. The molecule has 5 heteroatoms. The maximum Gasteiger partial charge on any atom is 0.138 e. The van der Waals surface area contributed by atoms with Crippen molar-refractivity contribution in [1.82, 2.24) is 14.8 Å². The summed E-state index contributed by atoms with van der Waals surface area (Å²) >= 11 is 6.11. The van der Waals surface area contributed by atoms with Crippen LogP contribution < -0.4 is 0 Å². The van der Waals surface area contributed by atoms with E-state index in [0.717, 1.165) is 17.9 Å². The van der Waals surface area contributed by atoms with Crippen molar-refractivity contribution in [3.63, 3.8) is 0 Å². The van der Waals surface area contributed by atoms with Crippen LogP contribution in [0, 0.1) is 5.92 Å². The normalized spacial score (nSPS) is 12.8. The van der Waals surface area contributed by atoms with Crippen LogP contribution in [0.5, 0.6) is 0 Å². The SMILES string of the molecule is CC(C)Cn1ncnc1CC(O)Cc1ccccc1Cl. The standard InChI is InChI=1S/C15H20ClN3O/c1-11(2)9-19-15(17-10-18-19)8-13(20)7-12-5-3-4-6-14(12)16/h3-6,10-11,13,20H,7-9H2,1-2H3. The Labute approximate surface area is 124 Å². The Balaban J connectivity index is 2.00. The molecule has 0 bridgehead atoms. The van der Waals surface area contributed by atoms with Crippen LogP contribution in [-0.4, -0.2) is 26.0 Å². The van der Waals surface area contributed by atoms with Crippen molar-refractivity contribution in [1.29, 1.82) is 0 Å². The van der Waals surface area contributed by atoms with Gasteiger partial charge in [0.15, 0.2) is 0 Å². The first-order chi connectivity index (χ1) is 9.56. The van der Waals surface area contributed by atoms with Gasteiger partial charge in [-0.1, -0.05) is 43.6 Å². The van der Waals surface area contributed by atoms with Gasteiger partial charge in [0.25, 0.3) is 0 Å². The van der Waals surface area contributed by atoms with Crippen LogP contribution in [0.3, 0.4) is 0 Å². The van der Waals surface area contributed by atoms with E-state index in [4.69, 9.17) is 11.6 Å². The molecule has 2 rings (SSSR count). The second-order valence-corrected chi connectivity index (χ2v) is 5.81. The molecule has 0 amide bonds. The molecule has 1 atom stereocenters. The minimum Gasteiger partial charge on any atom is -0.392 e. The number of hydrogen-bond acceptors (Lipinski definition) is 3. The van der Waals surface area contributed by atoms with E-state index in [-0.39, 0.29) is 0 Å². The van der Waals surface area contributed by atoms with Crippen molar-refractivity contribution >= 4 is 11.6 Å². The highest BCUT2D eigenvalue weighted by atomic mass is 35.5. The number of halogens is 1. The predicted molar refractivity (Wildman–Crippen MR) is 79.7 cm³/mol. The van der Waals surface area contributed by atoms with Gasteiger partial charge in [-0.2, -0.15) is 5.10 Å². The molecule has 1 N–H and O–H groups in total. The van der Waals surface area contributed by atoms with Crippen LogP contribution in [0.1, 0.15) is 25.2 Å². The number of hydrogen-bond donors (Lipinski definition) is 1. The summed E-state index contributed by atoms with van der Waals surface area (Å²) in [4.78, 5) is 4.23. The van der Waals surface area contributed by atoms with Crippen LogP contribution in [-0.2, 0) is 19.4 Å². The van der Waals surface area contributed by atoms with E-state index in [9.17, 15) is 5.11 Å². The fourth-order valence-corrected chi connectivity index (χ4v) is 2.36. The van der Waals surface area contributed by atoms with Crippen LogP contribution in [0.15, 0.2) is 30.6 Å². The van der Waals surface area contributed by atoms with Gasteiger partial charge < -0.3 is 5.11 Å². The van der Waals surface area contributed by atoms with Gasteiger partial charge in [-0.25, -0.2) is 9.67 Å². The molecule has 1 heterocycles. The Bertz CT molecular complexity index is 554. The highest BCUT2D eigenvalue weighted by Crippen LogP contribution is 2.17. The molecule has 4 nitrogen and oxygen atoms in total. The number of benzene rings is 1. The highest BCUT2D eigenvalue weighted by molar-refractivity contribution is 6.31. The van der Waals surface area contributed by atoms with Gasteiger partial charge in [-0.05, 0) is 17.5 Å². The van der Waals surface area contributed by atoms with E-state index in [1.54, 1.807) is 6.33 Å². The van der Waals surface area contributed by atoms with Gasteiger partial charge >= 0.3 is 0 Å². The second-order valence-electron chi connectivity index (χ2n) is 5.41. The van der Waals surface area contributed by atoms with Crippen molar-refractivity contribution in [2.45, 2.75) is 39.3 Å². The Morgan fingerprint density at radius 2 is 2.00 bits per heavy atom. The molecule has 0 aliphatic heterocycles. The molecule has 0 radical (unpaired) electrons. The number of aliphatic hydroxyl groups is 1. The lowest BCUT2D eigenvalue weighted by Crippen LogP contribution is -2.19. The van der Waals surface area contributed by atoms with E-state index in [2.05, 4.69) is 23.9 Å². The van der Waals surface area contributed by atoms with Crippen LogP contribution in [0.2, 0.25) is 5.02 Å². The lowest BCUT2D eigenvalue weighted by Gasteiger charge is -2.13. The van der Waals surface area contributed by atoms with E-state index < -0.39 is 6.10 Å². The molecule has 0 spiro atoms. The van der Waals surface area contributed by atoms with E-state index >= 15 is 0 Å². The van der Waals surface area contributed by atoms with Gasteiger partial charge in [0, 0.05) is 24.4 Å². The third-order valence-corrected chi connectivity index (χ3v) is 3.43. The molecule has 1 unspecified atom stereocenters. The van der Waals surface area contributed by atoms with Crippen molar-refractivity contribution in [3.05, 3.63) is 47.0 Å². The second kappa shape index (κ2) is 6.86. The van der Waals surface area contributed by atoms with Crippen LogP contribution in [0.25, 0.3) is 0 Å². The zero-order chi connectivity index (χ0) is 14.5. The number of aromatic nitrogens is 3. The predicted octanol–water partition coefficient (Wildman–Crippen LogP) is 2.73. The Morgan fingerprint density at radius 1 is 1.25 bits per heavy atom. The molecule has 20 heavy (non-hydrogen) atoms. The van der Waals surface area contributed by atoms with Gasteiger partial charge in [-0.3, -0.25) is 0 Å². The molecule has 0 aliphatic carbocycles. The maximum absolute atomic E-state index is 10.2. The lowest BCUT2D eigenvalue weighted by atomic mass is 10.1. The summed E-state index contributed by atoms with van der Waals surface area (Å²) in [6, 6.07) is 7.59. The number of rotatable bonds is 6. The van der Waals surface area contributed by atoms with Crippen LogP contribution >= 0.6 is 11.6 Å². The van der Waals surface area contributed by atoms with E-state index in [1.165, 1.54) is 0 Å². The van der Waals surface area contributed by atoms with E-state index in [1.807, 2.05) is 28.9 Å². The first-order valence-electron chi connectivity index (χ1n) is 6.84. The maximum atomic E-state index is 10.2. The third-order valence-electron chi connectivity index (χ3n) is 3.07. The summed E-state index contributed by atoms with van der Waals surface area (Å²) in [5.74, 6) is 1.31. The lowest BCUT2D eigenvalue weighted by molar-refractivity contribution is 0.170. The van der Waals surface area contributed by atoms with Gasteiger partial charge in [-0.15, -0.1) is 0 Å². The summed E-state index contributed by atoms with van der Waals surface area (Å²) in [6.45, 7) is 5.07. The zero-order valence-electron chi connectivity index (χ0n) is 11.8. The average Bonchev–Trinajstić information content (AvgIpc) is 2.78. The van der Waals surface area contributed by atoms with Crippen molar-refractivity contribution in [2.24, 2.45) is 5.92 Å². The average molecular weight is 294 g/mol. The number of nitrogens with zero attached hydrogens (tertiary/aromatic N) is 3. The summed E-state index contributed by atoms with van der Waals surface area (Å²) < 4.78 is 1.86. The molecule has 0 aliphatic rings. The Kier molecular flexibility index (Phi) is 5.15.